The maximum Gasteiger partial charge on any atom is 0.265 e. The van der Waals surface area contributed by atoms with E-state index in [-0.39, 0.29) is 28.7 Å². The van der Waals surface area contributed by atoms with Gasteiger partial charge in [0.1, 0.15) is 28.0 Å². The van der Waals surface area contributed by atoms with Gasteiger partial charge in [-0.3, -0.25) is 4.31 Å². The maximum atomic E-state index is 14.3. The SMILES string of the molecule is CCOc1ccc([C@H]2C(C#N)=C(N)OC3=C2S(=O)(=O)N(Cc2cccc(OC)c2)c2ccccc23)cc1. The Morgan fingerprint density at radius 1 is 1.05 bits per heavy atom. The van der Waals surface area contributed by atoms with Crippen molar-refractivity contribution in [2.24, 2.45) is 5.73 Å². The van der Waals surface area contributed by atoms with Crippen LogP contribution < -0.4 is 19.5 Å². The van der Waals surface area contributed by atoms with Gasteiger partial charge in [0.2, 0.25) is 5.88 Å². The van der Waals surface area contributed by atoms with Crippen LogP contribution in [0.5, 0.6) is 11.5 Å². The number of nitrogens with zero attached hydrogens (tertiary/aromatic N) is 2. The van der Waals surface area contributed by atoms with Gasteiger partial charge in [-0.1, -0.05) is 36.4 Å². The number of nitriles is 1. The number of methoxy groups -OCH3 is 1. The molecule has 0 aliphatic carbocycles. The summed E-state index contributed by atoms with van der Waals surface area (Å²) in [6.07, 6.45) is 0. The van der Waals surface area contributed by atoms with Crippen LogP contribution in [0.4, 0.5) is 5.69 Å². The van der Waals surface area contributed by atoms with Gasteiger partial charge in [-0.05, 0) is 54.4 Å². The summed E-state index contributed by atoms with van der Waals surface area (Å²) in [6.45, 7) is 2.43. The lowest BCUT2D eigenvalue weighted by Crippen LogP contribution is -2.39. The molecule has 0 saturated carbocycles. The molecule has 2 aliphatic heterocycles. The van der Waals surface area contributed by atoms with Gasteiger partial charge in [0.15, 0.2) is 5.76 Å². The molecule has 8 nitrogen and oxygen atoms in total. The molecule has 1 atom stereocenters. The summed E-state index contributed by atoms with van der Waals surface area (Å²) < 4.78 is 46.8. The predicted octanol–water partition coefficient (Wildman–Crippen LogP) is 4.62. The predicted molar refractivity (Wildman–Crippen MR) is 140 cm³/mol. The fourth-order valence-corrected chi connectivity index (χ4v) is 6.58. The Morgan fingerprint density at radius 3 is 2.51 bits per heavy atom. The smallest absolute Gasteiger partial charge is 0.265 e. The minimum absolute atomic E-state index is 0.0241. The van der Waals surface area contributed by atoms with Gasteiger partial charge >= 0.3 is 0 Å². The summed E-state index contributed by atoms with van der Waals surface area (Å²) in [5.41, 5.74) is 8.59. The Labute approximate surface area is 215 Å². The lowest BCUT2D eigenvalue weighted by Gasteiger charge is -2.38. The second kappa shape index (κ2) is 9.56. The van der Waals surface area contributed by atoms with E-state index in [1.54, 1.807) is 67.8 Å². The number of anilines is 1. The summed E-state index contributed by atoms with van der Waals surface area (Å²) in [7, 11) is -2.61. The first kappa shape index (κ1) is 24.3. The van der Waals surface area contributed by atoms with E-state index in [9.17, 15) is 13.7 Å². The number of fused-ring (bicyclic) bond motifs is 2. The van der Waals surface area contributed by atoms with Gasteiger partial charge in [0, 0.05) is 5.56 Å². The Hall–Kier alpha value is -4.42. The minimum Gasteiger partial charge on any atom is -0.497 e. The van der Waals surface area contributed by atoms with E-state index >= 15 is 0 Å². The van der Waals surface area contributed by atoms with Crippen molar-refractivity contribution in [2.45, 2.75) is 19.4 Å². The van der Waals surface area contributed by atoms with Crippen LogP contribution in [0.3, 0.4) is 0 Å². The van der Waals surface area contributed by atoms with Crippen LogP contribution in [0, 0.1) is 11.3 Å². The van der Waals surface area contributed by atoms with E-state index < -0.39 is 15.9 Å². The minimum atomic E-state index is -4.16. The van der Waals surface area contributed by atoms with E-state index in [0.29, 0.717) is 34.9 Å². The molecular formula is C28H25N3O5S. The molecule has 0 bridgehead atoms. The van der Waals surface area contributed by atoms with Crippen LogP contribution in [0.1, 0.15) is 29.5 Å². The van der Waals surface area contributed by atoms with Crippen molar-refractivity contribution in [2.75, 3.05) is 18.0 Å². The number of nitrogens with two attached hydrogens (primary N) is 1. The second-order valence-electron chi connectivity index (χ2n) is 8.50. The zero-order valence-electron chi connectivity index (χ0n) is 20.3. The highest BCUT2D eigenvalue weighted by Crippen LogP contribution is 2.51. The van der Waals surface area contributed by atoms with E-state index in [1.165, 1.54) is 4.31 Å². The van der Waals surface area contributed by atoms with Crippen LogP contribution in [0.25, 0.3) is 5.76 Å². The quantitative estimate of drug-likeness (QED) is 0.509. The molecule has 0 radical (unpaired) electrons. The summed E-state index contributed by atoms with van der Waals surface area (Å²) in [5.74, 6) is 0.324. The van der Waals surface area contributed by atoms with Gasteiger partial charge < -0.3 is 19.9 Å². The van der Waals surface area contributed by atoms with Crippen molar-refractivity contribution in [1.29, 1.82) is 5.26 Å². The Kier molecular flexibility index (Phi) is 6.27. The van der Waals surface area contributed by atoms with Gasteiger partial charge in [-0.25, -0.2) is 8.42 Å². The standard InChI is InChI=1S/C28H25N3O5S/c1-3-35-20-13-11-19(12-14-20)25-23(16-29)28(30)36-26-22-9-4-5-10-24(22)31(37(32,33)27(25)26)17-18-7-6-8-21(15-18)34-2/h4-15,25H,3,17,30H2,1-2H3/t25-/m0/s1. The zero-order chi connectivity index (χ0) is 26.2. The van der Waals surface area contributed by atoms with Gasteiger partial charge in [0.25, 0.3) is 10.0 Å². The van der Waals surface area contributed by atoms with Crippen molar-refractivity contribution < 1.29 is 22.6 Å². The summed E-state index contributed by atoms with van der Waals surface area (Å²) in [6, 6.07) is 23.4. The average molecular weight is 516 g/mol. The number of hydrogen-bond donors (Lipinski definition) is 1. The molecule has 0 fully saturated rings. The van der Waals surface area contributed by atoms with Crippen LogP contribution in [-0.4, -0.2) is 22.1 Å². The number of rotatable bonds is 6. The third kappa shape index (κ3) is 4.15. The first-order chi connectivity index (χ1) is 17.9. The molecule has 3 aromatic carbocycles. The second-order valence-corrected chi connectivity index (χ2v) is 10.3. The third-order valence-electron chi connectivity index (χ3n) is 6.34. The molecular weight excluding hydrogens is 490 g/mol. The van der Waals surface area contributed by atoms with Crippen molar-refractivity contribution in [3.63, 3.8) is 0 Å². The number of benzene rings is 3. The van der Waals surface area contributed by atoms with E-state index in [4.69, 9.17) is 19.9 Å². The number of sulfonamides is 1. The normalized spacial score (nSPS) is 17.9. The average Bonchev–Trinajstić information content (AvgIpc) is 2.91. The molecule has 2 heterocycles. The van der Waals surface area contributed by atoms with Crippen molar-refractivity contribution in [1.82, 2.24) is 0 Å². The first-order valence-electron chi connectivity index (χ1n) is 11.7. The molecule has 5 rings (SSSR count). The third-order valence-corrected chi connectivity index (χ3v) is 8.23. The molecule has 0 spiro atoms. The molecule has 0 saturated heterocycles. The van der Waals surface area contributed by atoms with Crippen LogP contribution >= 0.6 is 0 Å². The van der Waals surface area contributed by atoms with E-state index in [1.807, 2.05) is 19.1 Å². The highest BCUT2D eigenvalue weighted by molar-refractivity contribution is 7.96. The molecule has 2 N–H and O–H groups in total. The maximum absolute atomic E-state index is 14.3. The molecule has 9 heteroatoms. The Balaban J connectivity index is 1.70. The van der Waals surface area contributed by atoms with Crippen molar-refractivity contribution in [3.05, 3.63) is 106 Å². The first-order valence-corrected chi connectivity index (χ1v) is 13.1. The fraction of sp³-hybridized carbons (Fsp3) is 0.179. The molecule has 3 aromatic rings. The topological polar surface area (TPSA) is 115 Å². The number of allylic oxidation sites excluding steroid dienone is 2. The lowest BCUT2D eigenvalue weighted by atomic mass is 9.88. The molecule has 0 aromatic heterocycles. The number of hydrogen-bond acceptors (Lipinski definition) is 7. The number of ether oxygens (including phenoxy) is 3. The van der Waals surface area contributed by atoms with E-state index in [2.05, 4.69) is 6.07 Å². The Morgan fingerprint density at radius 2 is 1.81 bits per heavy atom. The highest BCUT2D eigenvalue weighted by Gasteiger charge is 2.47. The van der Waals surface area contributed by atoms with Crippen LogP contribution in [0.15, 0.2) is 89.2 Å². The lowest BCUT2D eigenvalue weighted by molar-refractivity contribution is 0.340. The van der Waals surface area contributed by atoms with Gasteiger partial charge in [0.05, 0.1) is 31.9 Å². The molecule has 188 valence electrons. The zero-order valence-corrected chi connectivity index (χ0v) is 21.2. The molecule has 2 aliphatic rings. The highest BCUT2D eigenvalue weighted by atomic mass is 32.2. The molecule has 0 amide bonds. The number of para-hydroxylation sites is 1. The van der Waals surface area contributed by atoms with Crippen LogP contribution in [0.2, 0.25) is 0 Å². The summed E-state index contributed by atoms with van der Waals surface area (Å²) in [4.78, 5) is -0.0241. The Bertz CT molecular complexity index is 1570. The van der Waals surface area contributed by atoms with Crippen molar-refractivity contribution in [3.8, 4) is 17.6 Å². The molecule has 0 unspecified atom stereocenters. The van der Waals surface area contributed by atoms with E-state index in [0.717, 1.165) is 5.56 Å². The van der Waals surface area contributed by atoms with Crippen molar-refractivity contribution >= 4 is 21.5 Å². The monoisotopic (exact) mass is 515 g/mol. The van der Waals surface area contributed by atoms with Gasteiger partial charge in [-0.15, -0.1) is 0 Å². The fourth-order valence-electron chi connectivity index (χ4n) is 4.67. The summed E-state index contributed by atoms with van der Waals surface area (Å²) in [5, 5.41) is 10.0. The molecule has 37 heavy (non-hydrogen) atoms. The largest absolute Gasteiger partial charge is 0.497 e. The van der Waals surface area contributed by atoms with Crippen LogP contribution in [-0.2, 0) is 21.3 Å². The van der Waals surface area contributed by atoms with Gasteiger partial charge in [-0.2, -0.15) is 5.26 Å². The summed E-state index contributed by atoms with van der Waals surface area (Å²) >= 11 is 0.